The van der Waals surface area contributed by atoms with Gasteiger partial charge in [-0.3, -0.25) is 14.5 Å². The standard InChI is InChI=1S/C24H24N2O5S2/c1-31-19-8-5-4-7-17(19)15-20-22(28)26(24(32)33-20)14-6-2-3-9-21(27)25-18-12-10-16(11-13-18)23(29)30/h4-5,7-8,10-13,15H,2-3,6,9,14H2,1H3,(H,25,27)(H,29,30)/b20-15-. The van der Waals surface area contributed by atoms with E-state index in [1.54, 1.807) is 30.2 Å². The lowest BCUT2D eigenvalue weighted by atomic mass is 10.1. The molecule has 0 atom stereocenters. The number of hydrogen-bond donors (Lipinski definition) is 2. The van der Waals surface area contributed by atoms with E-state index in [-0.39, 0.29) is 17.4 Å². The zero-order chi connectivity index (χ0) is 23.8. The highest BCUT2D eigenvalue weighted by Crippen LogP contribution is 2.34. The first-order valence-electron chi connectivity index (χ1n) is 10.4. The van der Waals surface area contributed by atoms with Crippen molar-refractivity contribution in [3.63, 3.8) is 0 Å². The topological polar surface area (TPSA) is 95.9 Å². The molecule has 2 amide bonds. The van der Waals surface area contributed by atoms with Crippen LogP contribution < -0.4 is 10.1 Å². The van der Waals surface area contributed by atoms with Gasteiger partial charge in [-0.1, -0.05) is 48.6 Å². The smallest absolute Gasteiger partial charge is 0.335 e. The first kappa shape index (κ1) is 24.5. The summed E-state index contributed by atoms with van der Waals surface area (Å²) in [6.07, 6.45) is 4.31. The number of carbonyl (C=O) groups excluding carboxylic acids is 2. The van der Waals surface area contributed by atoms with Gasteiger partial charge < -0.3 is 15.2 Å². The third-order valence-corrected chi connectivity index (χ3v) is 6.38. The molecule has 9 heteroatoms. The first-order chi connectivity index (χ1) is 15.9. The number of unbranched alkanes of at least 4 members (excludes halogenated alkanes) is 2. The number of hydrogen-bond acceptors (Lipinski definition) is 6. The first-order valence-corrected chi connectivity index (χ1v) is 11.6. The number of amides is 2. The largest absolute Gasteiger partial charge is 0.496 e. The summed E-state index contributed by atoms with van der Waals surface area (Å²) in [5.41, 5.74) is 1.55. The predicted octanol–water partition coefficient (Wildman–Crippen LogP) is 4.79. The average molecular weight is 485 g/mol. The lowest BCUT2D eigenvalue weighted by Crippen LogP contribution is -2.29. The van der Waals surface area contributed by atoms with Crippen LogP contribution in [0.4, 0.5) is 5.69 Å². The van der Waals surface area contributed by atoms with Crippen LogP contribution in [0.5, 0.6) is 5.75 Å². The molecule has 0 aliphatic carbocycles. The van der Waals surface area contributed by atoms with Crippen LogP contribution in [0.25, 0.3) is 6.08 Å². The second-order valence-electron chi connectivity index (χ2n) is 7.32. The van der Waals surface area contributed by atoms with Gasteiger partial charge in [0, 0.05) is 24.2 Å². The summed E-state index contributed by atoms with van der Waals surface area (Å²) in [5.74, 6) is -0.564. The maximum absolute atomic E-state index is 12.8. The minimum absolute atomic E-state index is 0.113. The second kappa shape index (κ2) is 11.6. The van der Waals surface area contributed by atoms with Crippen LogP contribution in [0.1, 0.15) is 41.6 Å². The summed E-state index contributed by atoms with van der Waals surface area (Å²) >= 11 is 6.67. The number of carboxylic acid groups (broad SMARTS) is 1. The minimum atomic E-state index is -1.01. The zero-order valence-electron chi connectivity index (χ0n) is 18.1. The third kappa shape index (κ3) is 6.66. The van der Waals surface area contributed by atoms with Crippen molar-refractivity contribution in [3.05, 3.63) is 64.6 Å². The highest BCUT2D eigenvalue weighted by atomic mass is 32.2. The Kier molecular flexibility index (Phi) is 8.62. The van der Waals surface area contributed by atoms with E-state index in [2.05, 4.69) is 5.32 Å². The average Bonchev–Trinajstić information content (AvgIpc) is 3.06. The number of anilines is 1. The van der Waals surface area contributed by atoms with Crippen molar-refractivity contribution in [2.45, 2.75) is 25.7 Å². The predicted molar refractivity (Wildman–Crippen MR) is 133 cm³/mol. The fourth-order valence-electron chi connectivity index (χ4n) is 3.27. The normalized spacial score (nSPS) is 14.6. The Morgan fingerprint density at radius 3 is 2.55 bits per heavy atom. The van der Waals surface area contributed by atoms with Crippen LogP contribution in [0.15, 0.2) is 53.4 Å². The number of aromatic carboxylic acids is 1. The molecule has 0 saturated carbocycles. The highest BCUT2D eigenvalue weighted by molar-refractivity contribution is 8.26. The van der Waals surface area contributed by atoms with E-state index >= 15 is 0 Å². The maximum atomic E-state index is 12.8. The molecule has 1 saturated heterocycles. The summed E-state index contributed by atoms with van der Waals surface area (Å²) in [7, 11) is 1.59. The minimum Gasteiger partial charge on any atom is -0.496 e. The number of rotatable bonds is 10. The molecule has 1 heterocycles. The van der Waals surface area contributed by atoms with Crippen LogP contribution >= 0.6 is 24.0 Å². The van der Waals surface area contributed by atoms with Crippen molar-refractivity contribution in [3.8, 4) is 5.75 Å². The fourth-order valence-corrected chi connectivity index (χ4v) is 4.57. The quantitative estimate of drug-likeness (QED) is 0.284. The lowest BCUT2D eigenvalue weighted by Gasteiger charge is -2.14. The van der Waals surface area contributed by atoms with Gasteiger partial charge >= 0.3 is 5.97 Å². The van der Waals surface area contributed by atoms with E-state index in [0.29, 0.717) is 40.0 Å². The van der Waals surface area contributed by atoms with Gasteiger partial charge in [0.05, 0.1) is 17.6 Å². The number of nitrogens with zero attached hydrogens (tertiary/aromatic N) is 1. The summed E-state index contributed by atoms with van der Waals surface area (Å²) in [5, 5.41) is 11.7. The zero-order valence-corrected chi connectivity index (χ0v) is 19.7. The monoisotopic (exact) mass is 484 g/mol. The van der Waals surface area contributed by atoms with Crippen LogP contribution in [-0.2, 0) is 9.59 Å². The van der Waals surface area contributed by atoms with Crippen molar-refractivity contribution >= 4 is 57.8 Å². The van der Waals surface area contributed by atoms with E-state index in [1.165, 1.54) is 23.9 Å². The molecule has 0 aromatic heterocycles. The van der Waals surface area contributed by atoms with Crippen LogP contribution in [0.3, 0.4) is 0 Å². The van der Waals surface area contributed by atoms with E-state index in [1.807, 2.05) is 24.3 Å². The Bertz CT molecular complexity index is 1080. The molecule has 0 unspecified atom stereocenters. The molecule has 2 N–H and O–H groups in total. The number of carbonyl (C=O) groups is 3. The van der Waals surface area contributed by atoms with Crippen molar-refractivity contribution in [1.29, 1.82) is 0 Å². The molecule has 1 aliphatic heterocycles. The van der Waals surface area contributed by atoms with Crippen molar-refractivity contribution in [2.24, 2.45) is 0 Å². The number of para-hydroxylation sites is 1. The number of carboxylic acids is 1. The van der Waals surface area contributed by atoms with Gasteiger partial charge in [0.1, 0.15) is 10.1 Å². The molecule has 3 rings (SSSR count). The van der Waals surface area contributed by atoms with Crippen molar-refractivity contribution < 1.29 is 24.2 Å². The Hall–Kier alpha value is -3.17. The molecule has 2 aromatic rings. The summed E-state index contributed by atoms with van der Waals surface area (Å²) in [6, 6.07) is 13.5. The Labute approximate surface area is 201 Å². The van der Waals surface area contributed by atoms with Crippen LogP contribution in [0.2, 0.25) is 0 Å². The van der Waals surface area contributed by atoms with E-state index in [9.17, 15) is 14.4 Å². The number of benzene rings is 2. The number of methoxy groups -OCH3 is 1. The number of thioether (sulfide) groups is 1. The molecule has 0 bridgehead atoms. The molecule has 2 aromatic carbocycles. The molecule has 172 valence electrons. The lowest BCUT2D eigenvalue weighted by molar-refractivity contribution is -0.122. The third-order valence-electron chi connectivity index (χ3n) is 5.00. The fraction of sp³-hybridized carbons (Fsp3) is 0.250. The summed E-state index contributed by atoms with van der Waals surface area (Å²) in [6.45, 7) is 0.506. The van der Waals surface area contributed by atoms with Gasteiger partial charge in [0.15, 0.2) is 0 Å². The van der Waals surface area contributed by atoms with E-state index < -0.39 is 5.97 Å². The Morgan fingerprint density at radius 2 is 1.85 bits per heavy atom. The highest BCUT2D eigenvalue weighted by Gasteiger charge is 2.31. The Morgan fingerprint density at radius 1 is 1.12 bits per heavy atom. The molecule has 7 nitrogen and oxygen atoms in total. The Balaban J connectivity index is 1.42. The van der Waals surface area contributed by atoms with Gasteiger partial charge in [0.25, 0.3) is 5.91 Å². The molecule has 1 fully saturated rings. The SMILES string of the molecule is COc1ccccc1/C=C1\SC(=S)N(CCCCCC(=O)Nc2ccc(C(=O)O)cc2)C1=O. The molecular weight excluding hydrogens is 460 g/mol. The molecule has 33 heavy (non-hydrogen) atoms. The van der Waals surface area contributed by atoms with Crippen molar-refractivity contribution in [2.75, 3.05) is 19.0 Å². The van der Waals surface area contributed by atoms with E-state index in [4.69, 9.17) is 22.1 Å². The van der Waals surface area contributed by atoms with E-state index in [0.717, 1.165) is 18.4 Å². The summed E-state index contributed by atoms with van der Waals surface area (Å²) in [4.78, 5) is 37.9. The van der Waals surface area contributed by atoms with Gasteiger partial charge in [-0.05, 0) is 49.2 Å². The van der Waals surface area contributed by atoms with Gasteiger partial charge in [-0.25, -0.2) is 4.79 Å². The molecule has 0 spiro atoms. The molecule has 1 aliphatic rings. The maximum Gasteiger partial charge on any atom is 0.335 e. The number of ether oxygens (including phenoxy) is 1. The summed E-state index contributed by atoms with van der Waals surface area (Å²) < 4.78 is 5.87. The molecular formula is C24H24N2O5S2. The molecule has 0 radical (unpaired) electrons. The van der Waals surface area contributed by atoms with Gasteiger partial charge in [0.2, 0.25) is 5.91 Å². The van der Waals surface area contributed by atoms with Crippen LogP contribution in [0, 0.1) is 0 Å². The van der Waals surface area contributed by atoms with Crippen LogP contribution in [-0.4, -0.2) is 45.8 Å². The number of thiocarbonyl (C=S) groups is 1. The van der Waals surface area contributed by atoms with Crippen molar-refractivity contribution in [1.82, 2.24) is 4.90 Å². The second-order valence-corrected chi connectivity index (χ2v) is 8.99. The van der Waals surface area contributed by atoms with Gasteiger partial charge in [-0.15, -0.1) is 0 Å². The van der Waals surface area contributed by atoms with Gasteiger partial charge in [-0.2, -0.15) is 0 Å². The number of nitrogens with one attached hydrogen (secondary N) is 1.